The first-order valence-electron chi connectivity index (χ1n) is 5.58. The summed E-state index contributed by atoms with van der Waals surface area (Å²) in [7, 11) is 0. The van der Waals surface area contributed by atoms with E-state index in [4.69, 9.17) is 0 Å². The second-order valence-electron chi connectivity index (χ2n) is 4.74. The molecule has 0 saturated heterocycles. The Morgan fingerprint density at radius 2 is 2.00 bits per heavy atom. The maximum absolute atomic E-state index is 10.6. The van der Waals surface area contributed by atoms with Gasteiger partial charge in [0.25, 0.3) is 0 Å². The molecule has 1 nitrogen and oxygen atoms in total. The predicted molar refractivity (Wildman–Crippen MR) is 65.7 cm³/mol. The highest BCUT2D eigenvalue weighted by Gasteiger charge is 2.33. The second kappa shape index (κ2) is 4.26. The Morgan fingerprint density at radius 1 is 1.33 bits per heavy atom. The SMILES string of the molecule is C[C@H]1CCC[C@@](O)(c2ccc(Br)cc2)C1. The van der Waals surface area contributed by atoms with Crippen LogP contribution in [0.1, 0.15) is 38.2 Å². The minimum atomic E-state index is -0.585. The zero-order valence-electron chi connectivity index (χ0n) is 9.04. The van der Waals surface area contributed by atoms with E-state index in [1.54, 1.807) is 0 Å². The Balaban J connectivity index is 2.24. The van der Waals surface area contributed by atoms with Crippen molar-refractivity contribution in [3.05, 3.63) is 34.3 Å². The molecule has 0 bridgehead atoms. The molecule has 0 heterocycles. The summed E-state index contributed by atoms with van der Waals surface area (Å²) in [5.74, 6) is 0.632. The molecule has 0 aromatic heterocycles. The molecule has 1 aromatic carbocycles. The van der Waals surface area contributed by atoms with Gasteiger partial charge in [0.15, 0.2) is 0 Å². The molecule has 0 amide bonds. The Labute approximate surface area is 99.6 Å². The maximum Gasteiger partial charge on any atom is 0.0899 e. The van der Waals surface area contributed by atoms with Gasteiger partial charge in [-0.25, -0.2) is 0 Å². The van der Waals surface area contributed by atoms with Crippen LogP contribution in [0.3, 0.4) is 0 Å². The molecule has 0 aliphatic heterocycles. The van der Waals surface area contributed by atoms with Gasteiger partial charge >= 0.3 is 0 Å². The zero-order chi connectivity index (χ0) is 10.9. The van der Waals surface area contributed by atoms with Crippen molar-refractivity contribution in [2.75, 3.05) is 0 Å². The first-order chi connectivity index (χ1) is 7.10. The lowest BCUT2D eigenvalue weighted by Gasteiger charge is -2.36. The van der Waals surface area contributed by atoms with Gasteiger partial charge in [0.1, 0.15) is 0 Å². The third-order valence-electron chi connectivity index (χ3n) is 3.35. The minimum absolute atomic E-state index is 0.585. The van der Waals surface area contributed by atoms with E-state index in [9.17, 15) is 5.11 Å². The summed E-state index contributed by atoms with van der Waals surface area (Å²) < 4.78 is 1.07. The van der Waals surface area contributed by atoms with Crippen molar-refractivity contribution in [2.24, 2.45) is 5.92 Å². The van der Waals surface area contributed by atoms with Gasteiger partial charge in [-0.05, 0) is 42.9 Å². The summed E-state index contributed by atoms with van der Waals surface area (Å²) >= 11 is 3.42. The van der Waals surface area contributed by atoms with Gasteiger partial charge in [-0.2, -0.15) is 0 Å². The summed E-state index contributed by atoms with van der Waals surface area (Å²) in [6.45, 7) is 2.23. The lowest BCUT2D eigenvalue weighted by atomic mass is 9.75. The quantitative estimate of drug-likeness (QED) is 0.821. The van der Waals surface area contributed by atoms with E-state index in [0.717, 1.165) is 29.3 Å². The van der Waals surface area contributed by atoms with E-state index in [-0.39, 0.29) is 0 Å². The molecule has 15 heavy (non-hydrogen) atoms. The van der Waals surface area contributed by atoms with E-state index in [1.807, 2.05) is 24.3 Å². The molecule has 0 spiro atoms. The molecule has 1 aromatic rings. The van der Waals surface area contributed by atoms with Crippen LogP contribution >= 0.6 is 15.9 Å². The van der Waals surface area contributed by atoms with Gasteiger partial charge in [0, 0.05) is 4.47 Å². The fourth-order valence-electron chi connectivity index (χ4n) is 2.55. The highest BCUT2D eigenvalue weighted by atomic mass is 79.9. The maximum atomic E-state index is 10.6. The summed E-state index contributed by atoms with van der Waals surface area (Å²) in [6.07, 6.45) is 4.18. The number of rotatable bonds is 1. The minimum Gasteiger partial charge on any atom is -0.385 e. The normalized spacial score (nSPS) is 31.5. The number of hydrogen-bond acceptors (Lipinski definition) is 1. The van der Waals surface area contributed by atoms with Crippen molar-refractivity contribution < 1.29 is 5.11 Å². The van der Waals surface area contributed by atoms with Gasteiger partial charge in [0.05, 0.1) is 5.60 Å². The van der Waals surface area contributed by atoms with Gasteiger partial charge in [-0.15, -0.1) is 0 Å². The van der Waals surface area contributed by atoms with E-state index in [2.05, 4.69) is 22.9 Å². The molecule has 1 fully saturated rings. The third-order valence-corrected chi connectivity index (χ3v) is 3.88. The number of halogens is 1. The van der Waals surface area contributed by atoms with Crippen LogP contribution in [0.4, 0.5) is 0 Å². The van der Waals surface area contributed by atoms with E-state index < -0.39 is 5.60 Å². The average molecular weight is 269 g/mol. The highest BCUT2D eigenvalue weighted by molar-refractivity contribution is 9.10. The van der Waals surface area contributed by atoms with Crippen LogP contribution in [0, 0.1) is 5.92 Å². The van der Waals surface area contributed by atoms with Gasteiger partial charge in [-0.1, -0.05) is 41.4 Å². The van der Waals surface area contributed by atoms with E-state index in [0.29, 0.717) is 5.92 Å². The van der Waals surface area contributed by atoms with Crippen molar-refractivity contribution in [1.82, 2.24) is 0 Å². The van der Waals surface area contributed by atoms with Crippen LogP contribution in [0.25, 0.3) is 0 Å². The van der Waals surface area contributed by atoms with Crippen molar-refractivity contribution >= 4 is 15.9 Å². The van der Waals surface area contributed by atoms with Crippen LogP contribution in [-0.2, 0) is 5.60 Å². The Kier molecular flexibility index (Phi) is 3.17. The summed E-state index contributed by atoms with van der Waals surface area (Å²) in [5, 5.41) is 10.6. The molecule has 0 radical (unpaired) electrons. The number of hydrogen-bond donors (Lipinski definition) is 1. The van der Waals surface area contributed by atoms with Crippen LogP contribution < -0.4 is 0 Å². The lowest BCUT2D eigenvalue weighted by Crippen LogP contribution is -2.31. The second-order valence-corrected chi connectivity index (χ2v) is 5.66. The highest BCUT2D eigenvalue weighted by Crippen LogP contribution is 2.39. The van der Waals surface area contributed by atoms with Gasteiger partial charge < -0.3 is 5.11 Å². The fraction of sp³-hybridized carbons (Fsp3) is 0.538. The van der Waals surface area contributed by atoms with Crippen molar-refractivity contribution in [3.8, 4) is 0 Å². The lowest BCUT2D eigenvalue weighted by molar-refractivity contribution is -0.0178. The molecular formula is C13H17BrO. The largest absolute Gasteiger partial charge is 0.385 e. The summed E-state index contributed by atoms with van der Waals surface area (Å²) in [4.78, 5) is 0. The molecule has 1 N–H and O–H groups in total. The van der Waals surface area contributed by atoms with Crippen molar-refractivity contribution in [3.63, 3.8) is 0 Å². The van der Waals surface area contributed by atoms with Crippen molar-refractivity contribution in [1.29, 1.82) is 0 Å². The topological polar surface area (TPSA) is 20.2 Å². The molecule has 2 heteroatoms. The molecule has 2 atom stereocenters. The first kappa shape index (κ1) is 11.2. The molecule has 0 unspecified atom stereocenters. The molecule has 2 rings (SSSR count). The van der Waals surface area contributed by atoms with Crippen LogP contribution in [-0.4, -0.2) is 5.11 Å². The molecule has 1 saturated carbocycles. The monoisotopic (exact) mass is 268 g/mol. The smallest absolute Gasteiger partial charge is 0.0899 e. The Morgan fingerprint density at radius 3 is 2.60 bits per heavy atom. The first-order valence-corrected chi connectivity index (χ1v) is 6.38. The number of benzene rings is 1. The molecule has 1 aliphatic carbocycles. The average Bonchev–Trinajstić information content (AvgIpc) is 2.18. The van der Waals surface area contributed by atoms with Gasteiger partial charge in [-0.3, -0.25) is 0 Å². The van der Waals surface area contributed by atoms with E-state index in [1.165, 1.54) is 6.42 Å². The van der Waals surface area contributed by atoms with Gasteiger partial charge in [0.2, 0.25) is 0 Å². The third kappa shape index (κ3) is 2.43. The summed E-state index contributed by atoms with van der Waals surface area (Å²) in [5.41, 5.74) is 0.482. The van der Waals surface area contributed by atoms with E-state index >= 15 is 0 Å². The Hall–Kier alpha value is -0.340. The summed E-state index contributed by atoms with van der Waals surface area (Å²) in [6, 6.07) is 8.07. The van der Waals surface area contributed by atoms with Crippen molar-refractivity contribution in [2.45, 2.75) is 38.2 Å². The molecule has 1 aliphatic rings. The number of aliphatic hydroxyl groups is 1. The molecule has 82 valence electrons. The van der Waals surface area contributed by atoms with Crippen LogP contribution in [0.2, 0.25) is 0 Å². The predicted octanol–water partition coefficient (Wildman–Crippen LogP) is 3.85. The molecular weight excluding hydrogens is 252 g/mol. The van der Waals surface area contributed by atoms with Crippen LogP contribution in [0.5, 0.6) is 0 Å². The Bertz CT molecular complexity index is 333. The van der Waals surface area contributed by atoms with Crippen LogP contribution in [0.15, 0.2) is 28.7 Å². The standard InChI is InChI=1S/C13H17BrO/c1-10-3-2-8-13(15,9-10)11-4-6-12(14)7-5-11/h4-7,10,15H,2-3,8-9H2,1H3/t10-,13-/m0/s1. The zero-order valence-corrected chi connectivity index (χ0v) is 10.6. The fourth-order valence-corrected chi connectivity index (χ4v) is 2.81.